The summed E-state index contributed by atoms with van der Waals surface area (Å²) in [5, 5.41) is 3.98. The maximum Gasteiger partial charge on any atom is 0.252 e. The van der Waals surface area contributed by atoms with E-state index in [4.69, 9.17) is 4.74 Å². The average molecular weight is 258 g/mol. The minimum Gasteiger partial charge on any atom is -0.493 e. The molecule has 0 N–H and O–H groups in total. The number of ether oxygens (including phenoxy) is 1. The van der Waals surface area contributed by atoms with Gasteiger partial charge in [-0.25, -0.2) is 13.9 Å². The van der Waals surface area contributed by atoms with Gasteiger partial charge in [0.1, 0.15) is 17.9 Å². The van der Waals surface area contributed by atoms with Gasteiger partial charge in [0.2, 0.25) is 0 Å². The third-order valence-electron chi connectivity index (χ3n) is 2.67. The van der Waals surface area contributed by atoms with Crippen LogP contribution < -0.4 is 4.74 Å². The van der Waals surface area contributed by atoms with E-state index in [-0.39, 0.29) is 5.82 Å². The van der Waals surface area contributed by atoms with Crippen LogP contribution in [0.2, 0.25) is 0 Å². The molecular weight excluding hydrogens is 247 g/mol. The van der Waals surface area contributed by atoms with Gasteiger partial charge in [-0.1, -0.05) is 0 Å². The van der Waals surface area contributed by atoms with Gasteiger partial charge < -0.3 is 4.74 Å². The first-order valence-electron chi connectivity index (χ1n) is 5.87. The first kappa shape index (κ1) is 11.6. The molecule has 0 amide bonds. The Morgan fingerprint density at radius 3 is 3.05 bits per heavy atom. The van der Waals surface area contributed by atoms with Crippen LogP contribution in [0.25, 0.3) is 17.0 Å². The maximum atomic E-state index is 13.3. The molecule has 0 fully saturated rings. The van der Waals surface area contributed by atoms with E-state index >= 15 is 0 Å². The zero-order valence-electron chi connectivity index (χ0n) is 10.2. The molecular formula is C13H11FN4O. The maximum absolute atomic E-state index is 13.3. The second-order valence-corrected chi connectivity index (χ2v) is 3.89. The van der Waals surface area contributed by atoms with E-state index in [1.165, 1.54) is 18.5 Å². The van der Waals surface area contributed by atoms with Crippen molar-refractivity contribution < 1.29 is 9.13 Å². The number of benzene rings is 1. The van der Waals surface area contributed by atoms with Gasteiger partial charge in [-0.3, -0.25) is 0 Å². The Hall–Kier alpha value is -2.50. The number of hydrogen-bond donors (Lipinski definition) is 0. The Morgan fingerprint density at radius 1 is 1.32 bits per heavy atom. The third-order valence-corrected chi connectivity index (χ3v) is 2.67. The van der Waals surface area contributed by atoms with E-state index in [1.54, 1.807) is 22.8 Å². The number of hydrogen-bond acceptors (Lipinski definition) is 4. The zero-order valence-corrected chi connectivity index (χ0v) is 10.2. The molecule has 0 radical (unpaired) electrons. The second-order valence-electron chi connectivity index (χ2n) is 3.89. The molecule has 2 heterocycles. The molecule has 0 bridgehead atoms. The molecule has 0 spiro atoms. The van der Waals surface area contributed by atoms with Gasteiger partial charge >= 0.3 is 0 Å². The molecule has 0 atom stereocenters. The van der Waals surface area contributed by atoms with Crippen LogP contribution in [0.4, 0.5) is 4.39 Å². The highest BCUT2D eigenvalue weighted by atomic mass is 19.1. The summed E-state index contributed by atoms with van der Waals surface area (Å²) in [5.74, 6) is 0.624. The van der Waals surface area contributed by atoms with Crippen molar-refractivity contribution in [2.75, 3.05) is 6.61 Å². The summed E-state index contributed by atoms with van der Waals surface area (Å²) in [6.07, 6.45) is 3.18. The largest absolute Gasteiger partial charge is 0.493 e. The summed E-state index contributed by atoms with van der Waals surface area (Å²) in [5.41, 5.74) is 1.40. The molecule has 0 aliphatic heterocycles. The molecule has 2 aromatic heterocycles. The highest BCUT2D eigenvalue weighted by Gasteiger charge is 2.10. The summed E-state index contributed by atoms with van der Waals surface area (Å²) in [4.78, 5) is 8.39. The van der Waals surface area contributed by atoms with E-state index in [0.717, 1.165) is 5.56 Å². The number of halogens is 1. The summed E-state index contributed by atoms with van der Waals surface area (Å²) < 4.78 is 20.3. The van der Waals surface area contributed by atoms with Crippen LogP contribution in [0.1, 0.15) is 6.92 Å². The Kier molecular flexibility index (Phi) is 2.83. The Morgan fingerprint density at radius 2 is 2.21 bits per heavy atom. The van der Waals surface area contributed by atoms with Crippen LogP contribution >= 0.6 is 0 Å². The number of rotatable bonds is 3. The molecule has 5 nitrogen and oxygen atoms in total. The smallest absolute Gasteiger partial charge is 0.252 e. The molecule has 3 aromatic rings. The van der Waals surface area contributed by atoms with E-state index in [2.05, 4.69) is 15.1 Å². The van der Waals surface area contributed by atoms with Crippen molar-refractivity contribution in [2.45, 2.75) is 6.92 Å². The minimum absolute atomic E-state index is 0.337. The van der Waals surface area contributed by atoms with Gasteiger partial charge in [0.15, 0.2) is 0 Å². The van der Waals surface area contributed by atoms with E-state index < -0.39 is 0 Å². The fraction of sp³-hybridized carbons (Fsp3) is 0.154. The summed E-state index contributed by atoms with van der Waals surface area (Å²) in [7, 11) is 0. The van der Waals surface area contributed by atoms with E-state index in [0.29, 0.717) is 23.8 Å². The molecule has 0 saturated heterocycles. The molecule has 19 heavy (non-hydrogen) atoms. The molecule has 3 rings (SSSR count). The lowest BCUT2D eigenvalue weighted by molar-refractivity contribution is 0.339. The fourth-order valence-electron chi connectivity index (χ4n) is 1.85. The van der Waals surface area contributed by atoms with Crippen LogP contribution in [-0.2, 0) is 0 Å². The van der Waals surface area contributed by atoms with Crippen molar-refractivity contribution in [2.24, 2.45) is 0 Å². The van der Waals surface area contributed by atoms with Gasteiger partial charge in [0.05, 0.1) is 12.3 Å². The Bertz CT molecular complexity index is 725. The minimum atomic E-state index is -0.337. The first-order chi connectivity index (χ1) is 9.28. The number of fused-ring (bicyclic) bond motifs is 1. The van der Waals surface area contributed by atoms with E-state index in [1.807, 2.05) is 6.92 Å². The summed E-state index contributed by atoms with van der Waals surface area (Å²) in [6.45, 7) is 2.31. The second kappa shape index (κ2) is 4.64. The highest BCUT2D eigenvalue weighted by Crippen LogP contribution is 2.29. The monoisotopic (exact) mass is 258 g/mol. The van der Waals surface area contributed by atoms with Gasteiger partial charge in [-0.05, 0) is 25.1 Å². The molecule has 1 aromatic carbocycles. The van der Waals surface area contributed by atoms with Crippen LogP contribution in [0.15, 0.2) is 36.8 Å². The highest BCUT2D eigenvalue weighted by molar-refractivity contribution is 5.68. The van der Waals surface area contributed by atoms with Crippen molar-refractivity contribution in [3.8, 4) is 17.0 Å². The normalized spacial score (nSPS) is 10.8. The van der Waals surface area contributed by atoms with Crippen molar-refractivity contribution in [3.63, 3.8) is 0 Å². The van der Waals surface area contributed by atoms with Crippen molar-refractivity contribution in [1.82, 2.24) is 19.6 Å². The SMILES string of the molecule is CCOc1cc(F)ccc1-c1ccn2ncnc2n1. The van der Waals surface area contributed by atoms with Crippen LogP contribution in [0.5, 0.6) is 5.75 Å². The zero-order chi connectivity index (χ0) is 13.2. The van der Waals surface area contributed by atoms with Gasteiger partial charge in [0, 0.05) is 17.8 Å². The predicted octanol–water partition coefficient (Wildman–Crippen LogP) is 2.33. The molecule has 0 aliphatic carbocycles. The predicted molar refractivity (Wildman–Crippen MR) is 67.3 cm³/mol. The van der Waals surface area contributed by atoms with Gasteiger partial charge in [-0.15, -0.1) is 0 Å². The van der Waals surface area contributed by atoms with Crippen molar-refractivity contribution >= 4 is 5.78 Å². The number of nitrogens with zero attached hydrogens (tertiary/aromatic N) is 4. The van der Waals surface area contributed by atoms with Crippen LogP contribution in [-0.4, -0.2) is 26.2 Å². The quantitative estimate of drug-likeness (QED) is 0.723. The average Bonchev–Trinajstić information content (AvgIpc) is 2.86. The third kappa shape index (κ3) is 2.12. The molecule has 6 heteroatoms. The van der Waals surface area contributed by atoms with Crippen LogP contribution in [0.3, 0.4) is 0 Å². The molecule has 0 saturated carbocycles. The van der Waals surface area contributed by atoms with Crippen LogP contribution in [0, 0.1) is 5.82 Å². The first-order valence-corrected chi connectivity index (χ1v) is 5.87. The lowest BCUT2D eigenvalue weighted by atomic mass is 10.1. The topological polar surface area (TPSA) is 52.3 Å². The lowest BCUT2D eigenvalue weighted by Gasteiger charge is -2.09. The van der Waals surface area contributed by atoms with Crippen molar-refractivity contribution in [3.05, 3.63) is 42.6 Å². The lowest BCUT2D eigenvalue weighted by Crippen LogP contribution is -1.97. The van der Waals surface area contributed by atoms with Gasteiger partial charge in [0.25, 0.3) is 5.78 Å². The molecule has 0 aliphatic rings. The summed E-state index contributed by atoms with van der Waals surface area (Å²) >= 11 is 0. The fourth-order valence-corrected chi connectivity index (χ4v) is 1.85. The van der Waals surface area contributed by atoms with Crippen molar-refractivity contribution in [1.29, 1.82) is 0 Å². The Labute approximate surface area is 108 Å². The molecule has 0 unspecified atom stereocenters. The van der Waals surface area contributed by atoms with E-state index in [9.17, 15) is 4.39 Å². The number of aromatic nitrogens is 4. The molecule has 96 valence electrons. The Balaban J connectivity index is 2.14. The van der Waals surface area contributed by atoms with Gasteiger partial charge in [-0.2, -0.15) is 10.1 Å². The standard InChI is InChI=1S/C13H11FN4O/c1-2-19-12-7-9(14)3-4-10(12)11-5-6-18-13(17-11)15-8-16-18/h3-8H,2H2,1H3. The summed E-state index contributed by atoms with van der Waals surface area (Å²) in [6, 6.07) is 6.18.